The molecule has 1 fully saturated rings. The van der Waals surface area contributed by atoms with Crippen LogP contribution in [0.15, 0.2) is 12.3 Å². The molecule has 0 aromatic carbocycles. The molecule has 0 radical (unpaired) electrons. The summed E-state index contributed by atoms with van der Waals surface area (Å²) in [5, 5.41) is 0. The minimum atomic E-state index is -4.55. The molecule has 1 saturated heterocycles. The van der Waals surface area contributed by atoms with Crippen molar-refractivity contribution < 1.29 is 18.0 Å². The van der Waals surface area contributed by atoms with Gasteiger partial charge in [-0.3, -0.25) is 9.69 Å². The van der Waals surface area contributed by atoms with E-state index in [0.29, 0.717) is 0 Å². The highest BCUT2D eigenvalue weighted by atomic mass is 19.4. The van der Waals surface area contributed by atoms with Gasteiger partial charge >= 0.3 is 6.18 Å². The summed E-state index contributed by atoms with van der Waals surface area (Å²) in [6, 6.07) is 0.366. The fraction of sp³-hybridized carbons (Fsp3) is 0.444. The molecule has 2 heterocycles. The van der Waals surface area contributed by atoms with Gasteiger partial charge in [-0.25, -0.2) is 9.97 Å². The first kappa shape index (κ1) is 11.8. The van der Waals surface area contributed by atoms with Crippen molar-refractivity contribution in [3.05, 3.63) is 18.0 Å². The van der Waals surface area contributed by atoms with Crippen LogP contribution in [0.3, 0.4) is 0 Å². The minimum absolute atomic E-state index is 0.0968. The fourth-order valence-corrected chi connectivity index (χ4v) is 1.56. The molecule has 0 aliphatic carbocycles. The van der Waals surface area contributed by atoms with E-state index in [1.54, 1.807) is 0 Å². The SMILES string of the molecule is NC1CC(=O)N(c2nccc(C(F)(F)F)n2)C1. The predicted molar refractivity (Wildman–Crippen MR) is 52.0 cm³/mol. The highest BCUT2D eigenvalue weighted by molar-refractivity contribution is 5.94. The van der Waals surface area contributed by atoms with Crippen LogP contribution in [0.1, 0.15) is 12.1 Å². The largest absolute Gasteiger partial charge is 0.433 e. The fourth-order valence-electron chi connectivity index (χ4n) is 1.56. The lowest BCUT2D eigenvalue weighted by Crippen LogP contribution is -2.30. The predicted octanol–water partition coefficient (Wildman–Crippen LogP) is 0.559. The number of aromatic nitrogens is 2. The Morgan fingerprint density at radius 1 is 1.47 bits per heavy atom. The van der Waals surface area contributed by atoms with E-state index in [9.17, 15) is 18.0 Å². The van der Waals surface area contributed by atoms with Gasteiger partial charge in [-0.1, -0.05) is 0 Å². The average Bonchev–Trinajstić information content (AvgIpc) is 2.57. The molecule has 0 saturated carbocycles. The number of halogens is 3. The molecule has 2 N–H and O–H groups in total. The molecule has 1 atom stereocenters. The summed E-state index contributed by atoms with van der Waals surface area (Å²) in [7, 11) is 0. The van der Waals surface area contributed by atoms with E-state index in [2.05, 4.69) is 9.97 Å². The number of rotatable bonds is 1. The molecule has 5 nitrogen and oxygen atoms in total. The Morgan fingerprint density at radius 2 is 2.18 bits per heavy atom. The van der Waals surface area contributed by atoms with Crippen LogP contribution in [0.25, 0.3) is 0 Å². The molecule has 1 aromatic rings. The Bertz CT molecular complexity index is 448. The highest BCUT2D eigenvalue weighted by Crippen LogP contribution is 2.28. The van der Waals surface area contributed by atoms with Gasteiger partial charge in [0.25, 0.3) is 0 Å². The second kappa shape index (κ2) is 3.95. The van der Waals surface area contributed by atoms with Gasteiger partial charge in [0.15, 0.2) is 0 Å². The summed E-state index contributed by atoms with van der Waals surface area (Å²) in [5.74, 6) is -0.616. The van der Waals surface area contributed by atoms with Crippen LogP contribution in [0, 0.1) is 0 Å². The lowest BCUT2D eigenvalue weighted by atomic mass is 10.3. The van der Waals surface area contributed by atoms with Crippen molar-refractivity contribution in [1.29, 1.82) is 0 Å². The average molecular weight is 246 g/mol. The molecule has 17 heavy (non-hydrogen) atoms. The second-order valence-corrected chi connectivity index (χ2v) is 3.71. The number of alkyl halides is 3. The topological polar surface area (TPSA) is 72.1 Å². The number of carbonyl (C=O) groups is 1. The number of amides is 1. The van der Waals surface area contributed by atoms with Crippen molar-refractivity contribution in [2.24, 2.45) is 5.73 Å². The Balaban J connectivity index is 2.31. The van der Waals surface area contributed by atoms with E-state index in [-0.39, 0.29) is 30.9 Å². The molecular weight excluding hydrogens is 237 g/mol. The standard InChI is InChI=1S/C9H9F3N4O/c10-9(11,12)6-1-2-14-8(15-6)16-4-5(13)3-7(16)17/h1-2,5H,3-4,13H2. The quantitative estimate of drug-likeness (QED) is 0.785. The maximum atomic E-state index is 12.4. The zero-order valence-corrected chi connectivity index (χ0v) is 8.61. The van der Waals surface area contributed by atoms with Crippen LogP contribution < -0.4 is 10.6 Å². The summed E-state index contributed by atoms with van der Waals surface area (Å²) in [4.78, 5) is 19.5. The molecule has 0 spiro atoms. The van der Waals surface area contributed by atoms with E-state index < -0.39 is 11.9 Å². The Morgan fingerprint density at radius 3 is 2.71 bits per heavy atom. The van der Waals surface area contributed by atoms with Gasteiger partial charge in [0, 0.05) is 25.2 Å². The van der Waals surface area contributed by atoms with Crippen LogP contribution in [0.5, 0.6) is 0 Å². The second-order valence-electron chi connectivity index (χ2n) is 3.71. The normalized spacial score (nSPS) is 21.1. The van der Waals surface area contributed by atoms with Crippen LogP contribution in [-0.2, 0) is 11.0 Å². The minimum Gasteiger partial charge on any atom is -0.326 e. The van der Waals surface area contributed by atoms with Crippen molar-refractivity contribution in [2.75, 3.05) is 11.4 Å². The maximum Gasteiger partial charge on any atom is 0.433 e. The highest BCUT2D eigenvalue weighted by Gasteiger charge is 2.35. The first-order chi connectivity index (χ1) is 7.88. The lowest BCUT2D eigenvalue weighted by Gasteiger charge is -2.14. The number of carbonyl (C=O) groups excluding carboxylic acids is 1. The zero-order chi connectivity index (χ0) is 12.6. The van der Waals surface area contributed by atoms with Crippen molar-refractivity contribution in [1.82, 2.24) is 9.97 Å². The van der Waals surface area contributed by atoms with Crippen molar-refractivity contribution in [3.63, 3.8) is 0 Å². The number of nitrogens with zero attached hydrogens (tertiary/aromatic N) is 3. The first-order valence-corrected chi connectivity index (χ1v) is 4.84. The van der Waals surface area contributed by atoms with Gasteiger partial charge in [-0.2, -0.15) is 13.2 Å². The lowest BCUT2D eigenvalue weighted by molar-refractivity contribution is -0.141. The summed E-state index contributed by atoms with van der Waals surface area (Å²) in [5.41, 5.74) is 4.46. The van der Waals surface area contributed by atoms with Gasteiger partial charge < -0.3 is 5.73 Å². The van der Waals surface area contributed by atoms with Gasteiger partial charge in [0.05, 0.1) is 0 Å². The van der Waals surface area contributed by atoms with Crippen molar-refractivity contribution in [2.45, 2.75) is 18.6 Å². The summed E-state index contributed by atoms with van der Waals surface area (Å²) < 4.78 is 37.2. The molecule has 92 valence electrons. The summed E-state index contributed by atoms with van der Waals surface area (Å²) >= 11 is 0. The molecule has 1 amide bonds. The van der Waals surface area contributed by atoms with E-state index in [4.69, 9.17) is 5.73 Å². The first-order valence-electron chi connectivity index (χ1n) is 4.84. The van der Waals surface area contributed by atoms with Gasteiger partial charge in [-0.15, -0.1) is 0 Å². The third kappa shape index (κ3) is 2.36. The maximum absolute atomic E-state index is 12.4. The molecule has 1 aromatic heterocycles. The smallest absolute Gasteiger partial charge is 0.326 e. The third-order valence-corrected chi connectivity index (χ3v) is 2.33. The molecular formula is C9H9F3N4O. The summed E-state index contributed by atoms with van der Waals surface area (Å²) in [6.45, 7) is 0.139. The van der Waals surface area contributed by atoms with E-state index in [0.717, 1.165) is 17.2 Å². The van der Waals surface area contributed by atoms with Crippen molar-refractivity contribution >= 4 is 11.9 Å². The van der Waals surface area contributed by atoms with Gasteiger partial charge in [0.2, 0.25) is 11.9 Å². The van der Waals surface area contributed by atoms with Gasteiger partial charge in [-0.05, 0) is 6.07 Å². The van der Waals surface area contributed by atoms with Crippen molar-refractivity contribution in [3.8, 4) is 0 Å². The van der Waals surface area contributed by atoms with E-state index >= 15 is 0 Å². The van der Waals surface area contributed by atoms with Crippen LogP contribution in [-0.4, -0.2) is 28.5 Å². The van der Waals surface area contributed by atoms with Crippen LogP contribution in [0.2, 0.25) is 0 Å². The van der Waals surface area contributed by atoms with Crippen LogP contribution in [0.4, 0.5) is 19.1 Å². The molecule has 1 unspecified atom stereocenters. The Kier molecular flexibility index (Phi) is 2.74. The number of hydrogen-bond acceptors (Lipinski definition) is 4. The Labute approximate surface area is 94.4 Å². The number of hydrogen-bond donors (Lipinski definition) is 1. The Hall–Kier alpha value is -1.70. The number of anilines is 1. The molecule has 0 bridgehead atoms. The van der Waals surface area contributed by atoms with E-state index in [1.165, 1.54) is 0 Å². The molecule has 1 aliphatic heterocycles. The molecule has 1 aliphatic rings. The van der Waals surface area contributed by atoms with E-state index in [1.807, 2.05) is 0 Å². The summed E-state index contributed by atoms with van der Waals surface area (Å²) in [6.07, 6.45) is -3.48. The zero-order valence-electron chi connectivity index (χ0n) is 8.61. The van der Waals surface area contributed by atoms with Gasteiger partial charge in [0.1, 0.15) is 5.69 Å². The molecule has 8 heteroatoms. The third-order valence-electron chi connectivity index (χ3n) is 2.33. The van der Waals surface area contributed by atoms with Crippen LogP contribution >= 0.6 is 0 Å². The monoisotopic (exact) mass is 246 g/mol. The number of nitrogens with two attached hydrogens (primary N) is 1. The molecule has 2 rings (SSSR count).